The Kier molecular flexibility index (Phi) is 4.95. The van der Waals surface area contributed by atoms with E-state index in [2.05, 4.69) is 33.0 Å². The third-order valence-electron chi connectivity index (χ3n) is 3.00. The summed E-state index contributed by atoms with van der Waals surface area (Å²) in [5.74, 6) is 0.826. The van der Waals surface area contributed by atoms with Crippen molar-refractivity contribution in [3.63, 3.8) is 0 Å². The minimum Gasteiger partial charge on any atom is -0.261 e. The molecule has 1 aliphatic rings. The predicted molar refractivity (Wildman–Crippen MR) is 93.9 cm³/mol. The molecule has 0 atom stereocenters. The lowest BCUT2D eigenvalue weighted by Gasteiger charge is -2.14. The number of nitrogens with zero attached hydrogens (tertiary/aromatic N) is 2. The smallest absolute Gasteiger partial charge is 0.177 e. The number of aliphatic imine (C=N–C) groups is 1. The summed E-state index contributed by atoms with van der Waals surface area (Å²) in [4.78, 5) is 5.91. The molecule has 1 aromatic heterocycles. The lowest BCUT2D eigenvalue weighted by Crippen LogP contribution is -2.25. The Hall–Kier alpha value is -1.30. The van der Waals surface area contributed by atoms with E-state index in [-0.39, 0.29) is 0 Å². The molecule has 1 N–H and O–H groups in total. The molecule has 0 saturated heterocycles. The molecule has 6 heteroatoms. The molecule has 0 amide bonds. The van der Waals surface area contributed by atoms with Crippen LogP contribution in [0.4, 0.5) is 0 Å². The zero-order valence-electron chi connectivity index (χ0n) is 11.3. The first-order chi connectivity index (χ1) is 10.3. The van der Waals surface area contributed by atoms with Crippen LogP contribution in [0.25, 0.3) is 0 Å². The third-order valence-corrected chi connectivity index (χ3v) is 5.10. The Morgan fingerprint density at radius 1 is 1.24 bits per heavy atom. The third kappa shape index (κ3) is 4.09. The van der Waals surface area contributed by atoms with Gasteiger partial charge in [-0.05, 0) is 29.1 Å². The van der Waals surface area contributed by atoms with Gasteiger partial charge in [-0.2, -0.15) is 5.10 Å². The molecule has 0 radical (unpaired) electrons. The second-order valence-electron chi connectivity index (χ2n) is 4.48. The molecule has 0 fully saturated rings. The van der Waals surface area contributed by atoms with E-state index in [1.165, 1.54) is 4.88 Å². The first-order valence-corrected chi connectivity index (χ1v) is 8.84. The van der Waals surface area contributed by atoms with Crippen molar-refractivity contribution in [1.82, 2.24) is 5.43 Å². The Bertz CT molecular complexity index is 648. The van der Waals surface area contributed by atoms with Crippen LogP contribution in [0.15, 0.2) is 51.9 Å². The van der Waals surface area contributed by atoms with Crippen molar-refractivity contribution in [3.05, 3.63) is 57.2 Å². The maximum absolute atomic E-state index is 5.89. The molecule has 0 bridgehead atoms. The Labute approximate surface area is 137 Å². The van der Waals surface area contributed by atoms with Crippen molar-refractivity contribution in [3.8, 4) is 0 Å². The standard InChI is InChI=1S/C15H14ClN3S2/c16-12-5-3-11(4-6-12)14-10-21-15(19-18-14)17-8-7-13-2-1-9-20-13/h1-6,9H,7-8,10H2,(H,17,19). The molecular weight excluding hydrogens is 322 g/mol. The van der Waals surface area contributed by atoms with Gasteiger partial charge in [0.05, 0.1) is 5.71 Å². The number of amidine groups is 1. The molecule has 0 aliphatic carbocycles. The fourth-order valence-corrected chi connectivity index (χ4v) is 3.53. The predicted octanol–water partition coefficient (Wildman–Crippen LogP) is 4.04. The highest BCUT2D eigenvalue weighted by Gasteiger charge is 2.12. The van der Waals surface area contributed by atoms with Gasteiger partial charge in [-0.15, -0.1) is 11.3 Å². The van der Waals surface area contributed by atoms with Gasteiger partial charge in [0.2, 0.25) is 0 Å². The summed E-state index contributed by atoms with van der Waals surface area (Å²) in [5, 5.41) is 8.13. The lowest BCUT2D eigenvalue weighted by molar-refractivity contribution is 0.954. The summed E-state index contributed by atoms with van der Waals surface area (Å²) in [6, 6.07) is 12.0. The number of thiophene rings is 1. The minimum atomic E-state index is 0.742. The number of thioether (sulfide) groups is 1. The van der Waals surface area contributed by atoms with Crippen LogP contribution in [-0.4, -0.2) is 23.2 Å². The van der Waals surface area contributed by atoms with Gasteiger partial charge in [-0.25, -0.2) is 0 Å². The molecule has 0 spiro atoms. The zero-order chi connectivity index (χ0) is 14.5. The molecule has 3 nitrogen and oxygen atoms in total. The maximum Gasteiger partial charge on any atom is 0.177 e. The molecule has 2 aromatic rings. The van der Waals surface area contributed by atoms with Gasteiger partial charge in [-0.3, -0.25) is 10.4 Å². The van der Waals surface area contributed by atoms with Crippen LogP contribution in [-0.2, 0) is 6.42 Å². The number of hydrazone groups is 1. The van der Waals surface area contributed by atoms with Gasteiger partial charge in [0.25, 0.3) is 0 Å². The topological polar surface area (TPSA) is 36.8 Å². The summed E-state index contributed by atoms with van der Waals surface area (Å²) in [6.45, 7) is 0.793. The SMILES string of the molecule is Clc1ccc(C2=NNC(=NCCc3cccs3)SC2)cc1. The number of hydrogen-bond acceptors (Lipinski definition) is 4. The van der Waals surface area contributed by atoms with Crippen LogP contribution < -0.4 is 5.43 Å². The van der Waals surface area contributed by atoms with Gasteiger partial charge >= 0.3 is 0 Å². The molecular formula is C15H14ClN3S2. The van der Waals surface area contributed by atoms with Gasteiger partial charge in [0.1, 0.15) is 0 Å². The summed E-state index contributed by atoms with van der Waals surface area (Å²) < 4.78 is 0. The van der Waals surface area contributed by atoms with E-state index < -0.39 is 0 Å². The summed E-state index contributed by atoms with van der Waals surface area (Å²) in [5.41, 5.74) is 5.15. The van der Waals surface area contributed by atoms with Crippen molar-refractivity contribution < 1.29 is 0 Å². The minimum absolute atomic E-state index is 0.742. The summed E-state index contributed by atoms with van der Waals surface area (Å²) in [7, 11) is 0. The second-order valence-corrected chi connectivity index (χ2v) is 6.91. The van der Waals surface area contributed by atoms with Crippen LogP contribution in [0, 0.1) is 0 Å². The first kappa shape index (κ1) is 14.6. The van der Waals surface area contributed by atoms with Gasteiger partial charge in [0.15, 0.2) is 5.17 Å². The molecule has 0 unspecified atom stereocenters. The maximum atomic E-state index is 5.89. The Morgan fingerprint density at radius 3 is 2.76 bits per heavy atom. The number of rotatable bonds is 4. The molecule has 1 aliphatic heterocycles. The van der Waals surface area contributed by atoms with Crippen molar-refractivity contribution >= 4 is 45.6 Å². The molecule has 108 valence electrons. The van der Waals surface area contributed by atoms with Crippen LogP contribution in [0.2, 0.25) is 5.02 Å². The second kappa shape index (κ2) is 7.11. The number of hydrogen-bond donors (Lipinski definition) is 1. The summed E-state index contributed by atoms with van der Waals surface area (Å²) >= 11 is 9.35. The largest absolute Gasteiger partial charge is 0.261 e. The molecule has 21 heavy (non-hydrogen) atoms. The highest BCUT2D eigenvalue weighted by molar-refractivity contribution is 8.14. The van der Waals surface area contributed by atoms with E-state index in [4.69, 9.17) is 11.6 Å². The van der Waals surface area contributed by atoms with E-state index in [0.29, 0.717) is 0 Å². The quantitative estimate of drug-likeness (QED) is 0.915. The number of halogens is 1. The van der Waals surface area contributed by atoms with Crippen LogP contribution in [0.1, 0.15) is 10.4 Å². The van der Waals surface area contributed by atoms with Crippen molar-refractivity contribution in [2.45, 2.75) is 6.42 Å². The van der Waals surface area contributed by atoms with Crippen LogP contribution in [0.5, 0.6) is 0 Å². The van der Waals surface area contributed by atoms with Gasteiger partial charge in [0, 0.05) is 28.6 Å². The Morgan fingerprint density at radius 2 is 2.10 bits per heavy atom. The van der Waals surface area contributed by atoms with Crippen molar-refractivity contribution in [2.75, 3.05) is 12.3 Å². The van der Waals surface area contributed by atoms with E-state index in [1.54, 1.807) is 23.1 Å². The molecule has 0 saturated carbocycles. The van der Waals surface area contributed by atoms with E-state index in [0.717, 1.165) is 40.2 Å². The average molecular weight is 336 g/mol. The molecule has 1 aromatic carbocycles. The lowest BCUT2D eigenvalue weighted by atomic mass is 10.1. The van der Waals surface area contributed by atoms with E-state index >= 15 is 0 Å². The number of nitrogens with one attached hydrogen (secondary N) is 1. The van der Waals surface area contributed by atoms with E-state index in [9.17, 15) is 0 Å². The van der Waals surface area contributed by atoms with Crippen LogP contribution in [0.3, 0.4) is 0 Å². The zero-order valence-corrected chi connectivity index (χ0v) is 13.6. The fraction of sp³-hybridized carbons (Fsp3) is 0.200. The monoisotopic (exact) mass is 335 g/mol. The normalized spacial score (nSPS) is 16.6. The Balaban J connectivity index is 1.57. The van der Waals surface area contributed by atoms with Gasteiger partial charge in [-0.1, -0.05) is 41.6 Å². The summed E-state index contributed by atoms with van der Waals surface area (Å²) in [6.07, 6.45) is 0.983. The fourth-order valence-electron chi connectivity index (χ4n) is 1.91. The average Bonchev–Trinajstić information content (AvgIpc) is 3.02. The van der Waals surface area contributed by atoms with Gasteiger partial charge < -0.3 is 0 Å². The van der Waals surface area contributed by atoms with E-state index in [1.807, 2.05) is 24.3 Å². The van der Waals surface area contributed by atoms with Crippen molar-refractivity contribution in [1.29, 1.82) is 0 Å². The highest BCUT2D eigenvalue weighted by atomic mass is 35.5. The first-order valence-electron chi connectivity index (χ1n) is 6.59. The molecule has 3 rings (SSSR count). The molecule has 2 heterocycles. The number of benzene rings is 1. The van der Waals surface area contributed by atoms with Crippen molar-refractivity contribution in [2.24, 2.45) is 10.1 Å². The highest BCUT2D eigenvalue weighted by Crippen LogP contribution is 2.16. The van der Waals surface area contributed by atoms with Crippen LogP contribution >= 0.6 is 34.7 Å².